The van der Waals surface area contributed by atoms with Crippen molar-refractivity contribution in [1.82, 2.24) is 16.0 Å². The molecule has 2 saturated heterocycles. The van der Waals surface area contributed by atoms with Crippen molar-refractivity contribution in [1.29, 1.82) is 10.8 Å². The van der Waals surface area contributed by atoms with Crippen LogP contribution in [0.25, 0.3) is 0 Å². The Labute approximate surface area is 272 Å². The van der Waals surface area contributed by atoms with E-state index in [4.69, 9.17) is 51.4 Å². The van der Waals surface area contributed by atoms with Crippen LogP contribution in [-0.4, -0.2) is 181 Å². The van der Waals surface area contributed by atoms with Crippen LogP contribution in [0.2, 0.25) is 0 Å². The smallest absolute Gasteiger partial charge is 0.328 e. The Morgan fingerprint density at radius 1 is 0.833 bits per heavy atom. The summed E-state index contributed by atoms with van der Waals surface area (Å²) in [5.74, 6) is -3.80. The van der Waals surface area contributed by atoms with Crippen LogP contribution in [0, 0.1) is 10.8 Å². The van der Waals surface area contributed by atoms with Gasteiger partial charge in [0.25, 0.3) is 0 Å². The first-order valence-electron chi connectivity index (χ1n) is 14.2. The Hall–Kier alpha value is -3.59. The summed E-state index contributed by atoms with van der Waals surface area (Å²) in [4.78, 5) is 31.2. The van der Waals surface area contributed by atoms with Gasteiger partial charge in [-0.1, -0.05) is 0 Å². The average molecular weight is 698 g/mol. The zero-order chi connectivity index (χ0) is 36.7. The Morgan fingerprint density at radius 2 is 1.35 bits per heavy atom. The molecule has 0 amide bonds. The number of aldehydes is 1. The van der Waals surface area contributed by atoms with Gasteiger partial charge in [0, 0.05) is 12.2 Å². The van der Waals surface area contributed by atoms with E-state index >= 15 is 0 Å². The summed E-state index contributed by atoms with van der Waals surface area (Å²) in [5.41, 5.74) is 8.38. The van der Waals surface area contributed by atoms with E-state index in [0.29, 0.717) is 12.2 Å². The molecular formula is C25H43N7O16. The van der Waals surface area contributed by atoms with Crippen molar-refractivity contribution in [3.05, 3.63) is 12.2 Å². The molecule has 0 spiro atoms. The number of carbonyl (C=O) groups is 3. The lowest BCUT2D eigenvalue weighted by atomic mass is 9.81. The van der Waals surface area contributed by atoms with E-state index in [2.05, 4.69) is 16.0 Å². The van der Waals surface area contributed by atoms with E-state index in [0.717, 1.165) is 0 Å². The predicted octanol–water partition coefficient (Wildman–Crippen LogP) is -8.03. The number of nitrogens with one attached hydrogen (secondary N) is 5. The van der Waals surface area contributed by atoms with Gasteiger partial charge in [-0.15, -0.1) is 0 Å². The number of guanidine groups is 2. The predicted molar refractivity (Wildman–Crippen MR) is 156 cm³/mol. The van der Waals surface area contributed by atoms with Crippen LogP contribution in [0.5, 0.6) is 0 Å². The number of carboxylic acid groups (broad SMARTS) is 2. The first-order chi connectivity index (χ1) is 22.3. The quantitative estimate of drug-likeness (QED) is 0.0412. The van der Waals surface area contributed by atoms with Crippen molar-refractivity contribution in [2.24, 2.45) is 11.5 Å². The largest absolute Gasteiger partial charge is 0.478 e. The highest BCUT2D eigenvalue weighted by Gasteiger charge is 2.60. The summed E-state index contributed by atoms with van der Waals surface area (Å²) < 4.78 is 22.9. The third-order valence-corrected chi connectivity index (χ3v) is 7.82. The summed E-state index contributed by atoms with van der Waals surface area (Å²) in [6.07, 6.45) is -16.2. The van der Waals surface area contributed by atoms with Crippen LogP contribution >= 0.6 is 0 Å². The number of hydrogen-bond acceptors (Lipinski definition) is 17. The molecule has 274 valence electrons. The monoisotopic (exact) mass is 697 g/mol. The van der Waals surface area contributed by atoms with Crippen LogP contribution in [0.15, 0.2) is 12.2 Å². The second-order valence-corrected chi connectivity index (χ2v) is 11.0. The summed E-state index contributed by atoms with van der Waals surface area (Å²) >= 11 is 0. The molecule has 1 saturated carbocycles. The number of nitrogens with two attached hydrogens (primary N) is 2. The maximum absolute atomic E-state index is 12.1. The molecule has 2 aliphatic heterocycles. The summed E-state index contributed by atoms with van der Waals surface area (Å²) in [7, 11) is 1.41. The molecule has 2 heterocycles. The van der Waals surface area contributed by atoms with Gasteiger partial charge in [0.2, 0.25) is 0 Å². The van der Waals surface area contributed by atoms with Gasteiger partial charge < -0.3 is 92.3 Å². The first kappa shape index (κ1) is 40.6. The molecular weight excluding hydrogens is 654 g/mol. The topological polar surface area (TPSA) is 406 Å². The molecule has 23 heteroatoms. The molecule has 3 rings (SSSR count). The lowest BCUT2D eigenvalue weighted by Gasteiger charge is -2.47. The van der Waals surface area contributed by atoms with Crippen molar-refractivity contribution in [3.8, 4) is 0 Å². The van der Waals surface area contributed by atoms with E-state index in [1.54, 1.807) is 0 Å². The van der Waals surface area contributed by atoms with Gasteiger partial charge in [-0.25, -0.2) is 9.59 Å². The van der Waals surface area contributed by atoms with Gasteiger partial charge in [-0.2, -0.15) is 0 Å². The number of carbonyl (C=O) groups excluding carboxylic acids is 1. The normalized spacial score (nSPS) is 41.1. The maximum Gasteiger partial charge on any atom is 0.328 e. The van der Waals surface area contributed by atoms with Gasteiger partial charge >= 0.3 is 11.9 Å². The zero-order valence-corrected chi connectivity index (χ0v) is 25.6. The van der Waals surface area contributed by atoms with Crippen molar-refractivity contribution < 1.29 is 79.3 Å². The SMILES string of the molecule is CN[C@@H]1[C@H](O[C@H]2[C@H](O[C@H]3[C@H](O)[C@@H](O)[C@H](NC(=N)N)[C@@H](O)[C@@H]3NC(=N)N)O[C@@H](C)[C@]2(O)C=O)O[C@@H](CO)[C@H](O)[C@H]1O.O=C(O)/C=C\C(=O)O. The van der Waals surface area contributed by atoms with Crippen LogP contribution in [-0.2, 0) is 33.3 Å². The highest BCUT2D eigenvalue weighted by Crippen LogP contribution is 2.37. The second-order valence-electron chi connectivity index (χ2n) is 11.0. The minimum atomic E-state index is -2.39. The number of hydrogen-bond donors (Lipinski definition) is 16. The highest BCUT2D eigenvalue weighted by molar-refractivity contribution is 5.89. The van der Waals surface area contributed by atoms with E-state index in [1.807, 2.05) is 0 Å². The minimum absolute atomic E-state index is 0.136. The average Bonchev–Trinajstić information content (AvgIpc) is 3.25. The molecule has 1 aliphatic carbocycles. The molecule has 15 atom stereocenters. The van der Waals surface area contributed by atoms with Gasteiger partial charge in [-0.3, -0.25) is 15.6 Å². The number of carboxylic acids is 2. The molecule has 0 unspecified atom stereocenters. The number of aliphatic hydroxyl groups excluding tert-OH is 6. The lowest BCUT2D eigenvalue weighted by Crippen LogP contribution is -2.73. The first-order valence-corrected chi connectivity index (χ1v) is 14.2. The van der Waals surface area contributed by atoms with Gasteiger partial charge in [0.15, 0.2) is 36.4 Å². The van der Waals surface area contributed by atoms with Crippen molar-refractivity contribution in [3.63, 3.8) is 0 Å². The number of likely N-dealkylation sites (N-methyl/N-ethyl adjacent to an activating group) is 1. The lowest BCUT2D eigenvalue weighted by molar-refractivity contribution is -0.314. The summed E-state index contributed by atoms with van der Waals surface area (Å²) in [5, 5.41) is 112. The molecule has 0 bridgehead atoms. The van der Waals surface area contributed by atoms with Gasteiger partial charge in [0.05, 0.1) is 36.9 Å². The number of ether oxygens (including phenoxy) is 4. The Balaban J connectivity index is 0.000000886. The van der Waals surface area contributed by atoms with E-state index < -0.39 is 122 Å². The van der Waals surface area contributed by atoms with Crippen LogP contribution in [0.4, 0.5) is 0 Å². The molecule has 0 aromatic carbocycles. The second kappa shape index (κ2) is 17.2. The Morgan fingerprint density at radius 3 is 1.81 bits per heavy atom. The molecule has 23 nitrogen and oxygen atoms in total. The fourth-order valence-electron chi connectivity index (χ4n) is 5.32. The molecule has 0 aromatic rings. The summed E-state index contributed by atoms with van der Waals surface area (Å²) in [6.45, 7) is 0.613. The Bertz CT molecular complexity index is 1170. The van der Waals surface area contributed by atoms with Crippen LogP contribution in [0.1, 0.15) is 6.92 Å². The number of aliphatic hydroxyl groups is 7. The van der Waals surface area contributed by atoms with Crippen molar-refractivity contribution in [2.75, 3.05) is 13.7 Å². The molecule has 0 radical (unpaired) electrons. The summed E-state index contributed by atoms with van der Waals surface area (Å²) in [6, 6.07) is -3.95. The van der Waals surface area contributed by atoms with Crippen LogP contribution in [0.3, 0.4) is 0 Å². The fourth-order valence-corrected chi connectivity index (χ4v) is 5.32. The molecule has 3 aliphatic rings. The van der Waals surface area contributed by atoms with Gasteiger partial charge in [0.1, 0.15) is 42.7 Å². The van der Waals surface area contributed by atoms with Crippen molar-refractivity contribution >= 4 is 30.1 Å². The highest BCUT2D eigenvalue weighted by atomic mass is 16.8. The number of rotatable bonds is 11. The standard InChI is InChI=1S/C21H39N7O12.C4H4O4/c1-5-21(36,4-30)16(40-17-9(26-2)13(34)10(31)6(3-29)38-17)18(37-5)39-15-8(28-20(24)25)11(32)7(27-19(22)23)12(33)14(15)35;5-3(6)1-2-4(7)8/h4-18,26,29,31-36H,3H2,1-2H3,(H4,22,23,27)(H4,24,25,28);1-2H,(H,5,6)(H,7,8)/b;2-1-/t5-,6-,7+,8-,9-,10-,11+,12-,13-,14+,15+,16-,17-,18-,21+;/m0./s1. The molecule has 0 aromatic heterocycles. The van der Waals surface area contributed by atoms with E-state index in [1.165, 1.54) is 14.0 Å². The van der Waals surface area contributed by atoms with E-state index in [-0.39, 0.29) is 6.29 Å². The third kappa shape index (κ3) is 9.30. The minimum Gasteiger partial charge on any atom is -0.478 e. The van der Waals surface area contributed by atoms with Gasteiger partial charge in [-0.05, 0) is 14.0 Å². The zero-order valence-electron chi connectivity index (χ0n) is 25.6. The van der Waals surface area contributed by atoms with Crippen LogP contribution < -0.4 is 27.4 Å². The Kier molecular flexibility index (Phi) is 14.5. The number of aliphatic carboxylic acids is 2. The fraction of sp³-hybridized carbons (Fsp3) is 0.720. The third-order valence-electron chi connectivity index (χ3n) is 7.82. The maximum atomic E-state index is 12.1. The molecule has 18 N–H and O–H groups in total. The van der Waals surface area contributed by atoms with E-state index in [9.17, 15) is 50.1 Å². The molecule has 48 heavy (non-hydrogen) atoms. The van der Waals surface area contributed by atoms with Crippen molar-refractivity contribution in [2.45, 2.75) is 98.2 Å². The molecule has 3 fully saturated rings.